The Bertz CT molecular complexity index is 513. The molecule has 1 aromatic heterocycles. The van der Waals surface area contributed by atoms with Crippen molar-refractivity contribution in [3.8, 4) is 5.69 Å². The van der Waals surface area contributed by atoms with Crippen molar-refractivity contribution in [2.24, 2.45) is 0 Å². The molecule has 72 valence electrons. The Hall–Kier alpha value is -1.06. The maximum absolute atomic E-state index is 6.08. The van der Waals surface area contributed by atoms with Gasteiger partial charge in [-0.15, -0.1) is 0 Å². The van der Waals surface area contributed by atoms with Gasteiger partial charge in [0.15, 0.2) is 4.77 Å². The smallest absolute Gasteiger partial charge is 0.181 e. The van der Waals surface area contributed by atoms with Crippen LogP contribution in [0, 0.1) is 11.7 Å². The fourth-order valence-electron chi connectivity index (χ4n) is 1.32. The number of aromatic nitrogens is 2. The molecule has 0 fully saturated rings. The number of nitrogens with zero attached hydrogens (tertiary/aromatic N) is 1. The van der Waals surface area contributed by atoms with Gasteiger partial charge in [0.25, 0.3) is 0 Å². The van der Waals surface area contributed by atoms with Gasteiger partial charge in [0.05, 0.1) is 10.7 Å². The number of benzene rings is 1. The summed E-state index contributed by atoms with van der Waals surface area (Å²) in [5.41, 5.74) is 2.07. The summed E-state index contributed by atoms with van der Waals surface area (Å²) in [6, 6.07) is 5.86. The average Bonchev–Trinajstić information content (AvgIpc) is 2.56. The van der Waals surface area contributed by atoms with E-state index >= 15 is 0 Å². The van der Waals surface area contributed by atoms with Gasteiger partial charge < -0.3 is 4.98 Å². The maximum Gasteiger partial charge on any atom is 0.181 e. The lowest BCUT2D eigenvalue weighted by Crippen LogP contribution is -1.93. The van der Waals surface area contributed by atoms with Crippen LogP contribution in [-0.4, -0.2) is 9.55 Å². The number of imidazole rings is 1. The predicted octanol–water partition coefficient (Wildman–Crippen LogP) is 3.50. The zero-order valence-electron chi connectivity index (χ0n) is 7.62. The number of nitrogens with one attached hydrogen (secondary N) is 1. The fourth-order valence-corrected chi connectivity index (χ4v) is 1.75. The van der Waals surface area contributed by atoms with E-state index in [1.165, 1.54) is 0 Å². The number of aryl methyl sites for hydroxylation is 1. The van der Waals surface area contributed by atoms with E-state index < -0.39 is 0 Å². The molecule has 0 saturated carbocycles. The van der Waals surface area contributed by atoms with E-state index in [4.69, 9.17) is 23.8 Å². The molecule has 0 aliphatic heterocycles. The first-order valence-electron chi connectivity index (χ1n) is 4.21. The normalized spacial score (nSPS) is 10.4. The molecule has 0 radical (unpaired) electrons. The van der Waals surface area contributed by atoms with Gasteiger partial charge in [-0.3, -0.25) is 4.57 Å². The molecule has 0 spiro atoms. The molecule has 0 amide bonds. The summed E-state index contributed by atoms with van der Waals surface area (Å²) in [7, 11) is 0. The first-order valence-corrected chi connectivity index (χ1v) is 4.99. The molecular formula is C10H9ClN2S. The van der Waals surface area contributed by atoms with E-state index in [9.17, 15) is 0 Å². The van der Waals surface area contributed by atoms with Gasteiger partial charge in [-0.1, -0.05) is 17.7 Å². The standard InChI is InChI=1S/C10H9ClN2S/c1-7-2-3-8(11)9(6-7)13-5-4-12-10(13)14/h2-6H,1H3,(H,12,14). The molecule has 0 aliphatic carbocycles. The molecule has 0 bridgehead atoms. The molecule has 1 heterocycles. The summed E-state index contributed by atoms with van der Waals surface area (Å²) < 4.78 is 2.50. The van der Waals surface area contributed by atoms with Crippen LogP contribution < -0.4 is 0 Å². The fraction of sp³-hybridized carbons (Fsp3) is 0.100. The van der Waals surface area contributed by atoms with Crippen LogP contribution in [0.5, 0.6) is 0 Å². The molecule has 1 N–H and O–H groups in total. The summed E-state index contributed by atoms with van der Waals surface area (Å²) in [6.45, 7) is 2.02. The molecule has 4 heteroatoms. The van der Waals surface area contributed by atoms with Crippen LogP contribution in [0.25, 0.3) is 5.69 Å². The number of hydrogen-bond acceptors (Lipinski definition) is 1. The van der Waals surface area contributed by atoms with Crippen LogP contribution in [0.1, 0.15) is 5.56 Å². The second-order valence-corrected chi connectivity index (χ2v) is 3.88. The van der Waals surface area contributed by atoms with Crippen molar-refractivity contribution >= 4 is 23.8 Å². The zero-order valence-corrected chi connectivity index (χ0v) is 9.19. The van der Waals surface area contributed by atoms with E-state index in [0.29, 0.717) is 9.79 Å². The minimum absolute atomic E-state index is 0.650. The second kappa shape index (κ2) is 3.59. The van der Waals surface area contributed by atoms with E-state index in [1.54, 1.807) is 6.20 Å². The van der Waals surface area contributed by atoms with Gasteiger partial charge in [-0.2, -0.15) is 0 Å². The first-order chi connectivity index (χ1) is 6.68. The number of rotatable bonds is 1. The Morgan fingerprint density at radius 2 is 2.21 bits per heavy atom. The molecule has 0 saturated heterocycles. The van der Waals surface area contributed by atoms with Crippen molar-refractivity contribution in [3.63, 3.8) is 0 Å². The highest BCUT2D eigenvalue weighted by molar-refractivity contribution is 7.71. The van der Waals surface area contributed by atoms with Crippen molar-refractivity contribution in [1.29, 1.82) is 0 Å². The summed E-state index contributed by atoms with van der Waals surface area (Å²) in [4.78, 5) is 2.93. The van der Waals surface area contributed by atoms with Gasteiger partial charge in [0.1, 0.15) is 0 Å². The van der Waals surface area contributed by atoms with Gasteiger partial charge in [-0.05, 0) is 36.8 Å². The number of halogens is 1. The molecule has 0 aliphatic rings. The highest BCUT2D eigenvalue weighted by Gasteiger charge is 2.03. The van der Waals surface area contributed by atoms with Crippen LogP contribution in [0.4, 0.5) is 0 Å². The van der Waals surface area contributed by atoms with E-state index in [2.05, 4.69) is 4.98 Å². The van der Waals surface area contributed by atoms with Crippen LogP contribution in [-0.2, 0) is 0 Å². The highest BCUT2D eigenvalue weighted by Crippen LogP contribution is 2.21. The highest BCUT2D eigenvalue weighted by atomic mass is 35.5. The summed E-state index contributed by atoms with van der Waals surface area (Å²) in [5.74, 6) is 0. The van der Waals surface area contributed by atoms with Crippen LogP contribution in [0.15, 0.2) is 30.6 Å². The zero-order chi connectivity index (χ0) is 10.1. The summed E-state index contributed by atoms with van der Waals surface area (Å²) in [6.07, 6.45) is 3.66. The number of aromatic amines is 1. The Labute approximate surface area is 92.2 Å². The van der Waals surface area contributed by atoms with Crippen molar-refractivity contribution < 1.29 is 0 Å². The third-order valence-corrected chi connectivity index (χ3v) is 2.64. The lowest BCUT2D eigenvalue weighted by Gasteiger charge is -2.05. The molecule has 14 heavy (non-hydrogen) atoms. The first kappa shape index (κ1) is 9.49. The van der Waals surface area contributed by atoms with Crippen LogP contribution in [0.2, 0.25) is 5.02 Å². The molecule has 2 nitrogen and oxygen atoms in total. The Morgan fingerprint density at radius 1 is 1.43 bits per heavy atom. The molecule has 0 atom stereocenters. The topological polar surface area (TPSA) is 20.7 Å². The Kier molecular flexibility index (Phi) is 2.44. The minimum Gasteiger partial charge on any atom is -0.337 e. The van der Waals surface area contributed by atoms with Crippen molar-refractivity contribution in [2.45, 2.75) is 6.92 Å². The number of hydrogen-bond donors (Lipinski definition) is 1. The van der Waals surface area contributed by atoms with E-state index in [-0.39, 0.29) is 0 Å². The van der Waals surface area contributed by atoms with Gasteiger partial charge in [0, 0.05) is 12.4 Å². The molecule has 2 aromatic rings. The maximum atomic E-state index is 6.08. The molecule has 2 rings (SSSR count). The van der Waals surface area contributed by atoms with Crippen LogP contribution in [0.3, 0.4) is 0 Å². The third kappa shape index (κ3) is 1.61. The van der Waals surface area contributed by atoms with Crippen molar-refractivity contribution in [2.75, 3.05) is 0 Å². The molecular weight excluding hydrogens is 216 g/mol. The Balaban J connectivity index is 2.68. The summed E-state index contributed by atoms with van der Waals surface area (Å²) in [5, 5.41) is 0.700. The molecule has 1 aromatic carbocycles. The van der Waals surface area contributed by atoms with Crippen LogP contribution >= 0.6 is 23.8 Å². The number of H-pyrrole nitrogens is 1. The summed E-state index contributed by atoms with van der Waals surface area (Å²) >= 11 is 11.2. The quantitative estimate of drug-likeness (QED) is 0.736. The van der Waals surface area contributed by atoms with E-state index in [1.807, 2.05) is 35.9 Å². The monoisotopic (exact) mass is 224 g/mol. The molecule has 0 unspecified atom stereocenters. The Morgan fingerprint density at radius 3 is 2.86 bits per heavy atom. The van der Waals surface area contributed by atoms with Crippen molar-refractivity contribution in [1.82, 2.24) is 9.55 Å². The van der Waals surface area contributed by atoms with Gasteiger partial charge >= 0.3 is 0 Å². The van der Waals surface area contributed by atoms with Crippen molar-refractivity contribution in [3.05, 3.63) is 45.9 Å². The second-order valence-electron chi connectivity index (χ2n) is 3.09. The SMILES string of the molecule is Cc1ccc(Cl)c(-n2cc[nH]c2=S)c1. The van der Waals surface area contributed by atoms with E-state index in [0.717, 1.165) is 11.3 Å². The minimum atomic E-state index is 0.650. The third-order valence-electron chi connectivity index (χ3n) is 2.01. The van der Waals surface area contributed by atoms with Gasteiger partial charge in [-0.25, -0.2) is 0 Å². The average molecular weight is 225 g/mol. The predicted molar refractivity (Wildman–Crippen MR) is 60.7 cm³/mol. The van der Waals surface area contributed by atoms with Gasteiger partial charge in [0.2, 0.25) is 0 Å². The largest absolute Gasteiger partial charge is 0.337 e. The lowest BCUT2D eigenvalue weighted by molar-refractivity contribution is 1.03. The lowest BCUT2D eigenvalue weighted by atomic mass is 10.2.